The Labute approximate surface area is 97.0 Å². The molecule has 0 radical (unpaired) electrons. The van der Waals surface area contributed by atoms with Crippen LogP contribution in [0.25, 0.3) is 0 Å². The number of benzene rings is 1. The van der Waals surface area contributed by atoms with Gasteiger partial charge in [-0.1, -0.05) is 31.2 Å². The smallest absolute Gasteiger partial charge is 0.191 e. The van der Waals surface area contributed by atoms with Crippen molar-refractivity contribution in [1.82, 2.24) is 4.90 Å². The van der Waals surface area contributed by atoms with E-state index in [9.17, 15) is 0 Å². The zero-order chi connectivity index (χ0) is 11.5. The molecule has 0 fully saturated rings. The zero-order valence-electron chi connectivity index (χ0n) is 9.98. The summed E-state index contributed by atoms with van der Waals surface area (Å²) in [7, 11) is 1.99. The number of likely N-dealkylation sites (N-methyl/N-ethyl adjacent to an activating group) is 1. The van der Waals surface area contributed by atoms with Crippen LogP contribution in [0.5, 0.6) is 0 Å². The minimum absolute atomic E-state index is 0.475. The molecule has 1 heterocycles. The lowest BCUT2D eigenvalue weighted by Crippen LogP contribution is -2.41. The second-order valence-electron chi connectivity index (χ2n) is 4.37. The highest BCUT2D eigenvalue weighted by atomic mass is 15.2. The maximum atomic E-state index is 5.74. The highest BCUT2D eigenvalue weighted by Crippen LogP contribution is 2.20. The van der Waals surface area contributed by atoms with E-state index in [0.29, 0.717) is 11.9 Å². The number of guanidine groups is 1. The van der Waals surface area contributed by atoms with E-state index in [1.165, 1.54) is 11.1 Å². The number of hydrogen-bond donors (Lipinski definition) is 1. The molecule has 0 aliphatic carbocycles. The lowest BCUT2D eigenvalue weighted by molar-refractivity contribution is 0.422. The van der Waals surface area contributed by atoms with Gasteiger partial charge in [0.1, 0.15) is 0 Å². The predicted octanol–water partition coefficient (Wildman–Crippen LogP) is 1.59. The van der Waals surface area contributed by atoms with E-state index in [-0.39, 0.29) is 0 Å². The molecule has 2 rings (SSSR count). The molecule has 0 spiro atoms. The van der Waals surface area contributed by atoms with Gasteiger partial charge in [-0.25, -0.2) is 0 Å². The Hall–Kier alpha value is -1.51. The average Bonchev–Trinajstić information content (AvgIpc) is 2.33. The van der Waals surface area contributed by atoms with Gasteiger partial charge in [-0.2, -0.15) is 0 Å². The van der Waals surface area contributed by atoms with E-state index in [4.69, 9.17) is 5.73 Å². The number of aryl methyl sites for hydroxylation is 1. The molecule has 2 N–H and O–H groups in total. The number of aliphatic imine (C=N–C) groups is 1. The fraction of sp³-hybridized carbons (Fsp3) is 0.462. The van der Waals surface area contributed by atoms with Gasteiger partial charge in [0.2, 0.25) is 0 Å². The molecule has 1 unspecified atom stereocenters. The third-order valence-electron chi connectivity index (χ3n) is 3.22. The van der Waals surface area contributed by atoms with Crippen LogP contribution >= 0.6 is 0 Å². The monoisotopic (exact) mass is 217 g/mol. The third kappa shape index (κ3) is 2.18. The summed E-state index contributed by atoms with van der Waals surface area (Å²) in [6.45, 7) is 3.94. The first kappa shape index (κ1) is 11.0. The quantitative estimate of drug-likeness (QED) is 0.817. The lowest BCUT2D eigenvalue weighted by atomic mass is 9.96. The largest absolute Gasteiger partial charge is 0.370 e. The van der Waals surface area contributed by atoms with Crippen LogP contribution < -0.4 is 5.73 Å². The van der Waals surface area contributed by atoms with Crippen LogP contribution in [0.15, 0.2) is 29.3 Å². The minimum atomic E-state index is 0.475. The molecule has 0 saturated heterocycles. The molecule has 0 saturated carbocycles. The van der Waals surface area contributed by atoms with Crippen molar-refractivity contribution in [1.29, 1.82) is 0 Å². The summed E-state index contributed by atoms with van der Waals surface area (Å²) in [6.07, 6.45) is 1.09. The Morgan fingerprint density at radius 1 is 1.38 bits per heavy atom. The van der Waals surface area contributed by atoms with Gasteiger partial charge < -0.3 is 10.6 Å². The van der Waals surface area contributed by atoms with Crippen molar-refractivity contribution in [3.05, 3.63) is 35.4 Å². The number of nitrogens with two attached hydrogens (primary N) is 1. The van der Waals surface area contributed by atoms with Crippen LogP contribution in [0.1, 0.15) is 24.0 Å². The van der Waals surface area contributed by atoms with Gasteiger partial charge in [-0.05, 0) is 17.5 Å². The summed E-state index contributed by atoms with van der Waals surface area (Å²) in [6, 6.07) is 8.84. The molecule has 0 bridgehead atoms. The van der Waals surface area contributed by atoms with E-state index in [1.54, 1.807) is 0 Å². The van der Waals surface area contributed by atoms with Crippen molar-refractivity contribution in [2.45, 2.75) is 19.3 Å². The average molecular weight is 217 g/mol. The summed E-state index contributed by atoms with van der Waals surface area (Å²) >= 11 is 0. The van der Waals surface area contributed by atoms with E-state index >= 15 is 0 Å². The Kier molecular flexibility index (Phi) is 3.13. The molecular formula is C13H19N3. The summed E-state index contributed by atoms with van der Waals surface area (Å²) in [5.41, 5.74) is 8.49. The molecule has 1 aliphatic rings. The van der Waals surface area contributed by atoms with Crippen molar-refractivity contribution in [3.63, 3.8) is 0 Å². The SMILES string of the molecule is CCc1ccc(C2CN=C(N)N(C)C2)cc1. The first-order valence-electron chi connectivity index (χ1n) is 5.80. The van der Waals surface area contributed by atoms with E-state index < -0.39 is 0 Å². The van der Waals surface area contributed by atoms with Gasteiger partial charge in [0, 0.05) is 19.5 Å². The van der Waals surface area contributed by atoms with Crippen molar-refractivity contribution in [2.75, 3.05) is 20.1 Å². The van der Waals surface area contributed by atoms with Crippen molar-refractivity contribution in [3.8, 4) is 0 Å². The fourth-order valence-electron chi connectivity index (χ4n) is 2.04. The summed E-state index contributed by atoms with van der Waals surface area (Å²) in [4.78, 5) is 6.35. The molecule has 86 valence electrons. The molecule has 1 aromatic rings. The Morgan fingerprint density at radius 2 is 2.06 bits per heavy atom. The highest BCUT2D eigenvalue weighted by molar-refractivity contribution is 5.78. The first-order chi connectivity index (χ1) is 7.70. The molecule has 3 heteroatoms. The fourth-order valence-corrected chi connectivity index (χ4v) is 2.04. The second kappa shape index (κ2) is 4.56. The van der Waals surface area contributed by atoms with Crippen LogP contribution in [0.4, 0.5) is 0 Å². The maximum Gasteiger partial charge on any atom is 0.191 e. The Morgan fingerprint density at radius 3 is 2.62 bits per heavy atom. The standard InChI is InChI=1S/C13H19N3/c1-3-10-4-6-11(7-5-10)12-8-15-13(14)16(2)9-12/h4-7,12H,3,8-9H2,1-2H3,(H2,14,15). The van der Waals surface area contributed by atoms with Crippen LogP contribution in [0.2, 0.25) is 0 Å². The van der Waals surface area contributed by atoms with Crippen molar-refractivity contribution < 1.29 is 0 Å². The minimum Gasteiger partial charge on any atom is -0.370 e. The molecule has 1 aromatic carbocycles. The van der Waals surface area contributed by atoms with E-state index in [0.717, 1.165) is 19.5 Å². The number of rotatable bonds is 2. The van der Waals surface area contributed by atoms with Gasteiger partial charge in [0.25, 0.3) is 0 Å². The van der Waals surface area contributed by atoms with Gasteiger partial charge >= 0.3 is 0 Å². The van der Waals surface area contributed by atoms with Crippen LogP contribution in [-0.4, -0.2) is 31.0 Å². The first-order valence-corrected chi connectivity index (χ1v) is 5.80. The molecule has 1 aliphatic heterocycles. The van der Waals surface area contributed by atoms with Crippen molar-refractivity contribution >= 4 is 5.96 Å². The Bertz CT molecular complexity index is 381. The molecule has 0 amide bonds. The van der Waals surface area contributed by atoms with Gasteiger partial charge in [-0.3, -0.25) is 4.99 Å². The maximum absolute atomic E-state index is 5.74. The predicted molar refractivity (Wildman–Crippen MR) is 67.7 cm³/mol. The topological polar surface area (TPSA) is 41.6 Å². The third-order valence-corrected chi connectivity index (χ3v) is 3.22. The van der Waals surface area contributed by atoms with Crippen LogP contribution in [-0.2, 0) is 6.42 Å². The number of hydrogen-bond acceptors (Lipinski definition) is 3. The molecule has 0 aromatic heterocycles. The van der Waals surface area contributed by atoms with E-state index in [2.05, 4.69) is 36.2 Å². The second-order valence-corrected chi connectivity index (χ2v) is 4.37. The Balaban J connectivity index is 2.13. The summed E-state index contributed by atoms with van der Waals surface area (Å²) < 4.78 is 0. The lowest BCUT2D eigenvalue weighted by Gasteiger charge is -2.29. The van der Waals surface area contributed by atoms with Crippen LogP contribution in [0, 0.1) is 0 Å². The van der Waals surface area contributed by atoms with Gasteiger partial charge in [-0.15, -0.1) is 0 Å². The molecule has 1 atom stereocenters. The number of nitrogens with zero attached hydrogens (tertiary/aromatic N) is 2. The van der Waals surface area contributed by atoms with Gasteiger partial charge in [0.15, 0.2) is 5.96 Å². The van der Waals surface area contributed by atoms with Crippen LogP contribution in [0.3, 0.4) is 0 Å². The van der Waals surface area contributed by atoms with E-state index in [1.807, 2.05) is 11.9 Å². The normalized spacial score (nSPS) is 20.8. The summed E-state index contributed by atoms with van der Waals surface area (Å²) in [5.74, 6) is 1.13. The summed E-state index contributed by atoms with van der Waals surface area (Å²) in [5, 5.41) is 0. The van der Waals surface area contributed by atoms with Crippen molar-refractivity contribution in [2.24, 2.45) is 10.7 Å². The molecule has 16 heavy (non-hydrogen) atoms. The molecular weight excluding hydrogens is 198 g/mol. The highest BCUT2D eigenvalue weighted by Gasteiger charge is 2.19. The van der Waals surface area contributed by atoms with Gasteiger partial charge in [0.05, 0.1) is 6.54 Å². The molecule has 3 nitrogen and oxygen atoms in total. The zero-order valence-corrected chi connectivity index (χ0v) is 9.98.